The first-order valence-corrected chi connectivity index (χ1v) is 8.06. The van der Waals surface area contributed by atoms with Gasteiger partial charge in [0.15, 0.2) is 0 Å². The zero-order chi connectivity index (χ0) is 17.7. The maximum atomic E-state index is 12.4. The first-order chi connectivity index (χ1) is 11.3. The van der Waals surface area contributed by atoms with Crippen molar-refractivity contribution in [3.05, 3.63) is 35.9 Å². The summed E-state index contributed by atoms with van der Waals surface area (Å²) in [7, 11) is 0. The van der Waals surface area contributed by atoms with Gasteiger partial charge in [-0.1, -0.05) is 30.3 Å². The summed E-state index contributed by atoms with van der Waals surface area (Å²) in [5.41, 5.74) is 0.352. The highest BCUT2D eigenvalue weighted by Gasteiger charge is 2.39. The second kappa shape index (κ2) is 7.77. The molecular formula is C18H25NO5. The van der Waals surface area contributed by atoms with E-state index in [0.29, 0.717) is 6.61 Å². The van der Waals surface area contributed by atoms with Crippen LogP contribution in [0.5, 0.6) is 0 Å². The predicted octanol–water partition coefficient (Wildman–Crippen LogP) is 2.75. The van der Waals surface area contributed by atoms with Crippen LogP contribution in [-0.4, -0.2) is 47.9 Å². The maximum Gasteiger partial charge on any atom is 0.417 e. The monoisotopic (exact) mass is 335 g/mol. The van der Waals surface area contributed by atoms with Crippen LogP contribution in [0, 0.1) is 0 Å². The Kier molecular flexibility index (Phi) is 5.96. The Bertz CT molecular complexity index is 567. The molecule has 1 aromatic rings. The van der Waals surface area contributed by atoms with Crippen LogP contribution in [0.15, 0.2) is 30.3 Å². The Morgan fingerprint density at radius 1 is 1.33 bits per heavy atom. The normalized spacial score (nSPS) is 19.9. The molecule has 0 aromatic heterocycles. The number of hydrogen-bond acceptors (Lipinski definition) is 5. The quantitative estimate of drug-likeness (QED) is 0.846. The summed E-state index contributed by atoms with van der Waals surface area (Å²) in [6.45, 7) is 7.63. The zero-order valence-corrected chi connectivity index (χ0v) is 14.7. The molecule has 0 aliphatic carbocycles. The largest absolute Gasteiger partial charge is 0.443 e. The van der Waals surface area contributed by atoms with Crippen molar-refractivity contribution in [2.45, 2.75) is 52.0 Å². The second-order valence-corrected chi connectivity index (χ2v) is 6.83. The van der Waals surface area contributed by atoms with Gasteiger partial charge in [0.1, 0.15) is 12.2 Å². The van der Waals surface area contributed by atoms with E-state index >= 15 is 0 Å². The summed E-state index contributed by atoms with van der Waals surface area (Å²) < 4.78 is 16.5. The van der Waals surface area contributed by atoms with Gasteiger partial charge in [-0.05, 0) is 33.3 Å². The average molecular weight is 335 g/mol. The molecule has 1 unspecified atom stereocenters. The Morgan fingerprint density at radius 2 is 2.00 bits per heavy atom. The summed E-state index contributed by atoms with van der Waals surface area (Å²) in [6, 6.07) is 9.21. The van der Waals surface area contributed by atoms with Crippen LogP contribution >= 0.6 is 0 Å². The summed E-state index contributed by atoms with van der Waals surface area (Å²) in [5.74, 6) is -0.407. The van der Waals surface area contributed by atoms with E-state index in [4.69, 9.17) is 14.2 Å². The molecular weight excluding hydrogens is 310 g/mol. The van der Waals surface area contributed by atoms with Crippen molar-refractivity contribution in [2.24, 2.45) is 0 Å². The fourth-order valence-electron chi connectivity index (χ4n) is 2.40. The lowest BCUT2D eigenvalue weighted by Gasteiger charge is -2.37. The Labute approximate surface area is 142 Å². The highest BCUT2D eigenvalue weighted by molar-refractivity contribution is 5.93. The number of morpholine rings is 1. The standard InChI is InChI=1S/C18H25NO5/c1-13(23-10-14-8-6-5-7-9-14)15-11-22-12-16(20)19(15)17(21)24-18(2,3)4/h5-9,13,15H,10-12H2,1-4H3/t13-,15?/m1/s1. The number of imide groups is 1. The molecule has 1 fully saturated rings. The molecule has 1 saturated heterocycles. The summed E-state index contributed by atoms with van der Waals surface area (Å²) in [4.78, 5) is 25.7. The Hall–Kier alpha value is -1.92. The highest BCUT2D eigenvalue weighted by Crippen LogP contribution is 2.19. The van der Waals surface area contributed by atoms with E-state index in [0.717, 1.165) is 10.5 Å². The number of carbonyl (C=O) groups excluding carboxylic acids is 2. The first kappa shape index (κ1) is 18.4. The van der Waals surface area contributed by atoms with E-state index in [1.807, 2.05) is 37.3 Å². The Morgan fingerprint density at radius 3 is 2.62 bits per heavy atom. The van der Waals surface area contributed by atoms with Crippen LogP contribution < -0.4 is 0 Å². The molecule has 0 bridgehead atoms. The van der Waals surface area contributed by atoms with Crippen molar-refractivity contribution >= 4 is 12.0 Å². The molecule has 0 radical (unpaired) electrons. The van der Waals surface area contributed by atoms with E-state index in [1.165, 1.54) is 0 Å². The number of hydrogen-bond donors (Lipinski definition) is 0. The molecule has 0 saturated carbocycles. The zero-order valence-electron chi connectivity index (χ0n) is 14.7. The lowest BCUT2D eigenvalue weighted by Crippen LogP contribution is -2.57. The number of amides is 2. The molecule has 1 heterocycles. The van der Waals surface area contributed by atoms with Crippen LogP contribution in [0.4, 0.5) is 4.79 Å². The molecule has 0 spiro atoms. The fourth-order valence-corrected chi connectivity index (χ4v) is 2.40. The third-order valence-electron chi connectivity index (χ3n) is 3.60. The van der Waals surface area contributed by atoms with E-state index < -0.39 is 23.6 Å². The minimum atomic E-state index is -0.672. The van der Waals surface area contributed by atoms with Crippen LogP contribution in [-0.2, 0) is 25.6 Å². The maximum absolute atomic E-state index is 12.4. The van der Waals surface area contributed by atoms with Crippen molar-refractivity contribution in [3.63, 3.8) is 0 Å². The molecule has 1 aromatic carbocycles. The number of nitrogens with zero attached hydrogens (tertiary/aromatic N) is 1. The van der Waals surface area contributed by atoms with Gasteiger partial charge in [-0.2, -0.15) is 0 Å². The van der Waals surface area contributed by atoms with E-state index in [9.17, 15) is 9.59 Å². The summed E-state index contributed by atoms with van der Waals surface area (Å²) >= 11 is 0. The molecule has 2 amide bonds. The third-order valence-corrected chi connectivity index (χ3v) is 3.60. The number of rotatable bonds is 4. The molecule has 1 aliphatic heterocycles. The summed E-state index contributed by atoms with van der Waals surface area (Å²) in [5, 5.41) is 0. The van der Waals surface area contributed by atoms with Gasteiger partial charge >= 0.3 is 6.09 Å². The molecule has 2 rings (SSSR count). The van der Waals surface area contributed by atoms with Crippen molar-refractivity contribution < 1.29 is 23.8 Å². The second-order valence-electron chi connectivity index (χ2n) is 6.83. The smallest absolute Gasteiger partial charge is 0.417 e. The van der Waals surface area contributed by atoms with Gasteiger partial charge in [-0.15, -0.1) is 0 Å². The molecule has 6 heteroatoms. The Balaban J connectivity index is 2.04. The minimum absolute atomic E-state index is 0.124. The number of carbonyl (C=O) groups is 2. The minimum Gasteiger partial charge on any atom is -0.443 e. The van der Waals surface area contributed by atoms with Crippen LogP contribution in [0.1, 0.15) is 33.3 Å². The van der Waals surface area contributed by atoms with Gasteiger partial charge in [-0.3, -0.25) is 4.79 Å². The third kappa shape index (κ3) is 5.04. The SMILES string of the molecule is C[C@@H](OCc1ccccc1)C1COCC(=O)N1C(=O)OC(C)(C)C. The van der Waals surface area contributed by atoms with Gasteiger partial charge in [-0.25, -0.2) is 9.69 Å². The molecule has 132 valence electrons. The predicted molar refractivity (Wildman–Crippen MR) is 88.4 cm³/mol. The van der Waals surface area contributed by atoms with Crippen molar-refractivity contribution in [2.75, 3.05) is 13.2 Å². The number of ether oxygens (including phenoxy) is 3. The molecule has 1 aliphatic rings. The average Bonchev–Trinajstić information content (AvgIpc) is 2.51. The van der Waals surface area contributed by atoms with E-state index in [1.54, 1.807) is 20.8 Å². The first-order valence-electron chi connectivity index (χ1n) is 8.06. The van der Waals surface area contributed by atoms with Gasteiger partial charge in [0.25, 0.3) is 5.91 Å². The highest BCUT2D eigenvalue weighted by atomic mass is 16.6. The van der Waals surface area contributed by atoms with Gasteiger partial charge in [0.05, 0.1) is 25.4 Å². The van der Waals surface area contributed by atoms with Crippen LogP contribution in [0.2, 0.25) is 0 Å². The van der Waals surface area contributed by atoms with Crippen LogP contribution in [0.25, 0.3) is 0 Å². The molecule has 2 atom stereocenters. The molecule has 0 N–H and O–H groups in total. The lowest BCUT2D eigenvalue weighted by molar-refractivity contribution is -0.153. The summed E-state index contributed by atoms with van der Waals surface area (Å²) in [6.07, 6.45) is -1.03. The van der Waals surface area contributed by atoms with Crippen molar-refractivity contribution in [1.82, 2.24) is 4.90 Å². The molecule has 24 heavy (non-hydrogen) atoms. The van der Waals surface area contributed by atoms with Crippen molar-refractivity contribution in [3.8, 4) is 0 Å². The fraction of sp³-hybridized carbons (Fsp3) is 0.556. The number of benzene rings is 1. The van der Waals surface area contributed by atoms with E-state index in [-0.39, 0.29) is 19.3 Å². The van der Waals surface area contributed by atoms with Gasteiger partial charge < -0.3 is 14.2 Å². The van der Waals surface area contributed by atoms with Crippen molar-refractivity contribution in [1.29, 1.82) is 0 Å². The van der Waals surface area contributed by atoms with E-state index in [2.05, 4.69) is 0 Å². The van der Waals surface area contributed by atoms with Gasteiger partial charge in [0, 0.05) is 0 Å². The molecule has 6 nitrogen and oxygen atoms in total. The topological polar surface area (TPSA) is 65.1 Å². The van der Waals surface area contributed by atoms with Crippen LogP contribution in [0.3, 0.4) is 0 Å². The van der Waals surface area contributed by atoms with Gasteiger partial charge in [0.2, 0.25) is 0 Å². The lowest BCUT2D eigenvalue weighted by atomic mass is 10.1.